The highest BCUT2D eigenvalue weighted by Crippen LogP contribution is 2.23. The number of ether oxygens (including phenoxy) is 2. The van der Waals surface area contributed by atoms with Crippen LogP contribution in [-0.2, 0) is 14.3 Å². The van der Waals surface area contributed by atoms with E-state index < -0.39 is 49.5 Å². The molecule has 1 rings (SSSR count). The summed E-state index contributed by atoms with van der Waals surface area (Å²) in [6.07, 6.45) is 56.5. The third kappa shape index (κ3) is 37.6. The number of hydrogen-bond acceptors (Lipinski definition) is 8. The van der Waals surface area contributed by atoms with Gasteiger partial charge in [-0.1, -0.05) is 236 Å². The summed E-state index contributed by atoms with van der Waals surface area (Å²) in [4.78, 5) is 13.0. The summed E-state index contributed by atoms with van der Waals surface area (Å²) in [7, 11) is 0. The standard InChI is InChI=1S/C58H107NO8/c1-3-5-7-9-11-13-14-15-16-17-18-19-20-21-22-23-24-25-26-27-28-29-30-31-32-33-34-35-36-37-38-40-42-44-46-48-54(62)59-51(52(61)47-45-43-41-39-12-10-8-6-4-2)50-66-58-57(65)56(64)55(63)53(49-60)67-58/h12,14-15,17-18,39,45,47,51-53,55-58,60-61,63-65H,3-11,13,16,19-38,40-44,46,48-50H2,1-2H3,(H,59,62)/b15-14-,18-17-,39-12+,47-45+. The lowest BCUT2D eigenvalue weighted by Crippen LogP contribution is -2.60. The van der Waals surface area contributed by atoms with Gasteiger partial charge in [0.15, 0.2) is 6.29 Å². The number of aliphatic hydroxyl groups is 5. The Morgan fingerprint density at radius 2 is 0.896 bits per heavy atom. The van der Waals surface area contributed by atoms with Crippen molar-refractivity contribution in [2.75, 3.05) is 13.2 Å². The third-order valence-electron chi connectivity index (χ3n) is 13.4. The molecule has 1 saturated heterocycles. The fraction of sp³-hybridized carbons (Fsp3) is 0.845. The lowest BCUT2D eigenvalue weighted by Gasteiger charge is -2.40. The zero-order chi connectivity index (χ0) is 48.7. The van der Waals surface area contributed by atoms with Gasteiger partial charge in [-0.15, -0.1) is 0 Å². The van der Waals surface area contributed by atoms with Gasteiger partial charge in [0.05, 0.1) is 25.4 Å². The van der Waals surface area contributed by atoms with Crippen LogP contribution in [0.5, 0.6) is 0 Å². The van der Waals surface area contributed by atoms with Crippen LogP contribution in [0.4, 0.5) is 0 Å². The molecule has 0 aromatic rings. The maximum Gasteiger partial charge on any atom is 0.220 e. The molecule has 0 bridgehead atoms. The van der Waals surface area contributed by atoms with E-state index in [1.165, 1.54) is 193 Å². The van der Waals surface area contributed by atoms with Gasteiger partial charge < -0.3 is 40.3 Å². The highest BCUT2D eigenvalue weighted by Gasteiger charge is 2.44. The van der Waals surface area contributed by atoms with Crippen molar-refractivity contribution in [3.63, 3.8) is 0 Å². The fourth-order valence-electron chi connectivity index (χ4n) is 8.85. The van der Waals surface area contributed by atoms with Crippen LogP contribution in [0.15, 0.2) is 48.6 Å². The minimum atomic E-state index is -1.57. The first-order valence-electron chi connectivity index (χ1n) is 28.4. The van der Waals surface area contributed by atoms with E-state index in [0.717, 1.165) is 44.9 Å². The van der Waals surface area contributed by atoms with Crippen molar-refractivity contribution < 1.29 is 39.8 Å². The maximum atomic E-state index is 13.0. The molecule has 7 atom stereocenters. The van der Waals surface area contributed by atoms with E-state index >= 15 is 0 Å². The summed E-state index contributed by atoms with van der Waals surface area (Å²) in [6, 6.07) is -0.818. The molecule has 9 heteroatoms. The van der Waals surface area contributed by atoms with Gasteiger partial charge in [-0.25, -0.2) is 0 Å². The number of nitrogens with one attached hydrogen (secondary N) is 1. The predicted octanol–water partition coefficient (Wildman–Crippen LogP) is 13.7. The first kappa shape index (κ1) is 63.2. The van der Waals surface area contributed by atoms with Crippen LogP contribution in [0.25, 0.3) is 0 Å². The van der Waals surface area contributed by atoms with Crippen molar-refractivity contribution >= 4 is 5.91 Å². The molecule has 0 aliphatic carbocycles. The van der Waals surface area contributed by atoms with Gasteiger partial charge in [0.1, 0.15) is 24.4 Å². The Kier molecular flexibility index (Phi) is 45.1. The number of carbonyl (C=O) groups is 1. The molecule has 1 heterocycles. The maximum absolute atomic E-state index is 13.0. The summed E-state index contributed by atoms with van der Waals surface area (Å²) < 4.78 is 11.2. The Morgan fingerprint density at radius 3 is 1.37 bits per heavy atom. The number of hydrogen-bond donors (Lipinski definition) is 6. The van der Waals surface area contributed by atoms with Gasteiger partial charge >= 0.3 is 0 Å². The number of unbranched alkanes of at least 4 members (excludes halogenated alkanes) is 32. The lowest BCUT2D eigenvalue weighted by atomic mass is 9.99. The molecule has 1 fully saturated rings. The van der Waals surface area contributed by atoms with E-state index in [4.69, 9.17) is 9.47 Å². The zero-order valence-electron chi connectivity index (χ0n) is 43.4. The molecule has 1 aliphatic heterocycles. The number of amides is 1. The van der Waals surface area contributed by atoms with E-state index in [-0.39, 0.29) is 12.5 Å². The van der Waals surface area contributed by atoms with Crippen molar-refractivity contribution in [2.45, 2.75) is 301 Å². The SMILES string of the molecule is CCCCC/C=C/CC/C=C/C(O)C(COC1OC(CO)C(O)C(O)C1O)NC(=O)CCCCCCCCCCCCCCCCCCCCCCCCC/C=C\C/C=C\CCCCCCC. The van der Waals surface area contributed by atoms with E-state index in [9.17, 15) is 30.3 Å². The van der Waals surface area contributed by atoms with Gasteiger partial charge in [-0.05, 0) is 64.2 Å². The second-order valence-electron chi connectivity index (χ2n) is 19.7. The molecular weight excluding hydrogens is 839 g/mol. The molecule has 7 unspecified atom stereocenters. The van der Waals surface area contributed by atoms with Crippen LogP contribution < -0.4 is 5.32 Å². The minimum absolute atomic E-state index is 0.187. The lowest BCUT2D eigenvalue weighted by molar-refractivity contribution is -0.302. The normalized spacial score (nSPS) is 20.0. The molecule has 6 N–H and O–H groups in total. The van der Waals surface area contributed by atoms with Crippen LogP contribution in [0.2, 0.25) is 0 Å². The van der Waals surface area contributed by atoms with E-state index in [2.05, 4.69) is 55.6 Å². The van der Waals surface area contributed by atoms with E-state index in [1.54, 1.807) is 6.08 Å². The van der Waals surface area contributed by atoms with E-state index in [0.29, 0.717) is 6.42 Å². The summed E-state index contributed by atoms with van der Waals surface area (Å²) in [6.45, 7) is 3.70. The first-order valence-corrected chi connectivity index (χ1v) is 28.4. The summed E-state index contributed by atoms with van der Waals surface area (Å²) in [5.41, 5.74) is 0. The van der Waals surface area contributed by atoms with Crippen LogP contribution in [0.3, 0.4) is 0 Å². The molecule has 392 valence electrons. The Balaban J connectivity index is 2.04. The van der Waals surface area contributed by atoms with Crippen LogP contribution in [-0.4, -0.2) is 87.5 Å². The molecule has 1 amide bonds. The quantitative estimate of drug-likeness (QED) is 0.0261. The highest BCUT2D eigenvalue weighted by molar-refractivity contribution is 5.76. The predicted molar refractivity (Wildman–Crippen MR) is 281 cm³/mol. The van der Waals surface area contributed by atoms with Gasteiger partial charge in [-0.2, -0.15) is 0 Å². The highest BCUT2D eigenvalue weighted by atomic mass is 16.7. The number of rotatable bonds is 48. The van der Waals surface area contributed by atoms with Gasteiger partial charge in [-0.3, -0.25) is 4.79 Å². The second-order valence-corrected chi connectivity index (χ2v) is 19.7. The largest absolute Gasteiger partial charge is 0.394 e. The Morgan fingerprint density at radius 1 is 0.507 bits per heavy atom. The van der Waals surface area contributed by atoms with Crippen molar-refractivity contribution in [3.8, 4) is 0 Å². The Labute approximate surface area is 412 Å². The summed E-state index contributed by atoms with van der Waals surface area (Å²) >= 11 is 0. The number of allylic oxidation sites excluding steroid dienone is 7. The molecule has 0 radical (unpaired) electrons. The summed E-state index contributed by atoms with van der Waals surface area (Å²) in [5.74, 6) is -0.187. The molecule has 0 saturated carbocycles. The molecule has 0 spiro atoms. The van der Waals surface area contributed by atoms with E-state index in [1.807, 2.05) is 6.08 Å². The van der Waals surface area contributed by atoms with Crippen molar-refractivity contribution in [1.82, 2.24) is 5.32 Å². The summed E-state index contributed by atoms with van der Waals surface area (Å²) in [5, 5.41) is 54.1. The van der Waals surface area contributed by atoms with Gasteiger partial charge in [0, 0.05) is 6.42 Å². The topological polar surface area (TPSA) is 149 Å². The average Bonchev–Trinajstić information content (AvgIpc) is 3.33. The van der Waals surface area contributed by atoms with Crippen molar-refractivity contribution in [2.24, 2.45) is 0 Å². The molecule has 67 heavy (non-hydrogen) atoms. The molecule has 0 aromatic carbocycles. The van der Waals surface area contributed by atoms with Crippen LogP contribution in [0, 0.1) is 0 Å². The second kappa shape index (κ2) is 47.8. The monoisotopic (exact) mass is 946 g/mol. The molecule has 9 nitrogen and oxygen atoms in total. The van der Waals surface area contributed by atoms with Gasteiger partial charge in [0.2, 0.25) is 5.91 Å². The number of aliphatic hydroxyl groups excluding tert-OH is 5. The van der Waals surface area contributed by atoms with Crippen molar-refractivity contribution in [1.29, 1.82) is 0 Å². The third-order valence-corrected chi connectivity index (χ3v) is 13.4. The Bertz CT molecular complexity index is 1190. The van der Waals surface area contributed by atoms with Crippen LogP contribution >= 0.6 is 0 Å². The first-order chi connectivity index (χ1) is 32.8. The minimum Gasteiger partial charge on any atom is -0.394 e. The smallest absolute Gasteiger partial charge is 0.220 e. The zero-order valence-corrected chi connectivity index (χ0v) is 43.4. The molecule has 0 aromatic heterocycles. The average molecular weight is 946 g/mol. The number of carbonyl (C=O) groups excluding carboxylic acids is 1. The van der Waals surface area contributed by atoms with Crippen LogP contribution in [0.1, 0.15) is 258 Å². The van der Waals surface area contributed by atoms with Gasteiger partial charge in [0.25, 0.3) is 0 Å². The Hall–Kier alpha value is -1.85. The molecular formula is C58H107NO8. The van der Waals surface area contributed by atoms with Crippen molar-refractivity contribution in [3.05, 3.63) is 48.6 Å². The molecule has 1 aliphatic rings. The fourth-order valence-corrected chi connectivity index (χ4v) is 8.85.